The van der Waals surface area contributed by atoms with Gasteiger partial charge in [-0.2, -0.15) is 0 Å². The molecule has 20 heavy (non-hydrogen) atoms. The number of benzene rings is 2. The van der Waals surface area contributed by atoms with Gasteiger partial charge in [-0.25, -0.2) is 0 Å². The van der Waals surface area contributed by atoms with Gasteiger partial charge < -0.3 is 11.1 Å². The van der Waals surface area contributed by atoms with Crippen molar-refractivity contribution in [3.8, 4) is 0 Å². The molecule has 0 aliphatic carbocycles. The van der Waals surface area contributed by atoms with Gasteiger partial charge in [-0.3, -0.25) is 4.79 Å². The van der Waals surface area contributed by atoms with Crippen LogP contribution in [0, 0.1) is 6.92 Å². The molecule has 0 unspecified atom stereocenters. The Kier molecular flexibility index (Phi) is 4.30. The molecule has 3 nitrogen and oxygen atoms in total. The van der Waals surface area contributed by atoms with Crippen LogP contribution in [0.15, 0.2) is 42.5 Å². The van der Waals surface area contributed by atoms with Crippen LogP contribution in [0.1, 0.15) is 34.5 Å². The number of aryl methyl sites for hydroxylation is 1. The predicted molar refractivity (Wildman–Crippen MR) is 82.9 cm³/mol. The van der Waals surface area contributed by atoms with Crippen molar-refractivity contribution in [3.63, 3.8) is 0 Å². The van der Waals surface area contributed by atoms with Crippen molar-refractivity contribution in [2.24, 2.45) is 0 Å². The summed E-state index contributed by atoms with van der Waals surface area (Å²) in [6, 6.07) is 12.8. The van der Waals surface area contributed by atoms with Crippen LogP contribution < -0.4 is 11.1 Å². The van der Waals surface area contributed by atoms with Gasteiger partial charge in [-0.05, 0) is 43.2 Å². The van der Waals surface area contributed by atoms with Crippen LogP contribution in [-0.2, 0) is 0 Å². The smallest absolute Gasteiger partial charge is 0.253 e. The summed E-state index contributed by atoms with van der Waals surface area (Å²) >= 11 is 5.83. The third kappa shape index (κ3) is 3.11. The number of hydrogen-bond donors (Lipinski definition) is 2. The molecule has 0 fully saturated rings. The number of nitrogens with one attached hydrogen (secondary N) is 1. The number of anilines is 1. The third-order valence-corrected chi connectivity index (χ3v) is 3.50. The minimum absolute atomic E-state index is 0.0845. The predicted octanol–water partition coefficient (Wildman–Crippen LogP) is 3.72. The van der Waals surface area contributed by atoms with Crippen LogP contribution in [-0.4, -0.2) is 5.91 Å². The second-order valence-corrected chi connectivity index (χ2v) is 5.22. The molecular formula is C16H17ClN2O. The summed E-state index contributed by atoms with van der Waals surface area (Å²) in [5.74, 6) is -0.199. The number of nitrogens with two attached hydrogens (primary N) is 1. The molecule has 1 atom stereocenters. The van der Waals surface area contributed by atoms with Crippen LogP contribution in [0.2, 0.25) is 5.02 Å². The first kappa shape index (κ1) is 14.4. The fourth-order valence-electron chi connectivity index (χ4n) is 2.17. The van der Waals surface area contributed by atoms with Crippen molar-refractivity contribution >= 4 is 23.2 Å². The Balaban J connectivity index is 2.17. The highest BCUT2D eigenvalue weighted by Gasteiger charge is 2.15. The summed E-state index contributed by atoms with van der Waals surface area (Å²) in [6.07, 6.45) is 0. The monoisotopic (exact) mass is 288 g/mol. The topological polar surface area (TPSA) is 55.1 Å². The van der Waals surface area contributed by atoms with Crippen molar-refractivity contribution < 1.29 is 4.79 Å². The van der Waals surface area contributed by atoms with E-state index in [1.807, 2.05) is 38.1 Å². The van der Waals surface area contributed by atoms with Crippen molar-refractivity contribution in [3.05, 3.63) is 64.2 Å². The molecule has 1 amide bonds. The Hall–Kier alpha value is -2.00. The van der Waals surface area contributed by atoms with Crippen molar-refractivity contribution in [2.75, 3.05) is 5.73 Å². The van der Waals surface area contributed by atoms with E-state index in [2.05, 4.69) is 5.32 Å². The number of carbonyl (C=O) groups excluding carboxylic acids is 1. The first-order chi connectivity index (χ1) is 9.49. The zero-order valence-corrected chi connectivity index (χ0v) is 12.2. The molecule has 104 valence electrons. The van der Waals surface area contributed by atoms with Crippen LogP contribution in [0.5, 0.6) is 0 Å². The number of amides is 1. The normalized spacial score (nSPS) is 11.9. The zero-order valence-electron chi connectivity index (χ0n) is 11.5. The van der Waals surface area contributed by atoms with Gasteiger partial charge in [0.2, 0.25) is 0 Å². The maximum Gasteiger partial charge on any atom is 0.253 e. The Morgan fingerprint density at radius 1 is 1.25 bits per heavy atom. The van der Waals surface area contributed by atoms with E-state index in [1.165, 1.54) is 0 Å². The molecule has 0 aliphatic rings. The van der Waals surface area contributed by atoms with E-state index in [4.69, 9.17) is 17.3 Å². The molecule has 0 aromatic heterocycles. The summed E-state index contributed by atoms with van der Waals surface area (Å²) in [5.41, 5.74) is 8.88. The Morgan fingerprint density at radius 2 is 1.95 bits per heavy atom. The summed E-state index contributed by atoms with van der Waals surface area (Å²) in [4.78, 5) is 12.2. The average molecular weight is 289 g/mol. The standard InChI is InChI=1S/C16H17ClN2O/c1-10-5-3-4-6-13(10)11(2)19-16(20)14-8-7-12(17)9-15(14)18/h3-9,11H,18H2,1-2H3,(H,19,20)/t11-/m1/s1. The molecule has 0 radical (unpaired) electrons. The summed E-state index contributed by atoms with van der Waals surface area (Å²) in [6.45, 7) is 3.97. The highest BCUT2D eigenvalue weighted by atomic mass is 35.5. The molecule has 0 bridgehead atoms. The molecule has 0 heterocycles. The van der Waals surface area contributed by atoms with E-state index in [-0.39, 0.29) is 11.9 Å². The molecule has 0 saturated carbocycles. The largest absolute Gasteiger partial charge is 0.398 e. The van der Waals surface area contributed by atoms with Gasteiger partial charge in [-0.15, -0.1) is 0 Å². The van der Waals surface area contributed by atoms with E-state index >= 15 is 0 Å². The van der Waals surface area contributed by atoms with E-state index in [1.54, 1.807) is 18.2 Å². The second-order valence-electron chi connectivity index (χ2n) is 4.78. The number of nitrogen functional groups attached to an aromatic ring is 1. The van der Waals surface area contributed by atoms with E-state index < -0.39 is 0 Å². The molecule has 2 aromatic rings. The van der Waals surface area contributed by atoms with E-state index in [0.29, 0.717) is 16.3 Å². The van der Waals surface area contributed by atoms with E-state index in [9.17, 15) is 4.79 Å². The fraction of sp³-hybridized carbons (Fsp3) is 0.188. The Bertz CT molecular complexity index is 640. The van der Waals surface area contributed by atoms with Gasteiger partial charge >= 0.3 is 0 Å². The highest BCUT2D eigenvalue weighted by Crippen LogP contribution is 2.20. The molecule has 2 rings (SSSR count). The fourth-order valence-corrected chi connectivity index (χ4v) is 2.35. The van der Waals surface area contributed by atoms with Gasteiger partial charge in [0.1, 0.15) is 0 Å². The number of rotatable bonds is 3. The minimum atomic E-state index is -0.199. The van der Waals surface area contributed by atoms with E-state index in [0.717, 1.165) is 11.1 Å². The number of halogens is 1. The summed E-state index contributed by atoms with van der Waals surface area (Å²) in [7, 11) is 0. The molecule has 4 heteroatoms. The van der Waals surface area contributed by atoms with Crippen LogP contribution in [0.4, 0.5) is 5.69 Å². The Labute approximate surface area is 123 Å². The molecule has 0 aliphatic heterocycles. The summed E-state index contributed by atoms with van der Waals surface area (Å²) in [5, 5.41) is 3.47. The maximum absolute atomic E-state index is 12.2. The lowest BCUT2D eigenvalue weighted by Crippen LogP contribution is -2.27. The van der Waals surface area contributed by atoms with Crippen molar-refractivity contribution in [1.82, 2.24) is 5.32 Å². The van der Waals surface area contributed by atoms with Gasteiger partial charge in [0, 0.05) is 10.7 Å². The number of carbonyl (C=O) groups is 1. The first-order valence-electron chi connectivity index (χ1n) is 6.40. The first-order valence-corrected chi connectivity index (χ1v) is 6.78. The van der Waals surface area contributed by atoms with Crippen LogP contribution >= 0.6 is 11.6 Å². The maximum atomic E-state index is 12.2. The molecule has 3 N–H and O–H groups in total. The van der Waals surface area contributed by atoms with Gasteiger partial charge in [0.15, 0.2) is 0 Å². The average Bonchev–Trinajstić information content (AvgIpc) is 2.38. The van der Waals surface area contributed by atoms with Crippen LogP contribution in [0.3, 0.4) is 0 Å². The lowest BCUT2D eigenvalue weighted by atomic mass is 10.0. The van der Waals surface area contributed by atoms with Crippen molar-refractivity contribution in [2.45, 2.75) is 19.9 Å². The highest BCUT2D eigenvalue weighted by molar-refractivity contribution is 6.31. The number of hydrogen-bond acceptors (Lipinski definition) is 2. The second kappa shape index (κ2) is 5.97. The molecule has 0 saturated heterocycles. The Morgan fingerprint density at radius 3 is 2.60 bits per heavy atom. The molecular weight excluding hydrogens is 272 g/mol. The minimum Gasteiger partial charge on any atom is -0.398 e. The van der Waals surface area contributed by atoms with Gasteiger partial charge in [0.25, 0.3) is 5.91 Å². The van der Waals surface area contributed by atoms with Crippen molar-refractivity contribution in [1.29, 1.82) is 0 Å². The molecule has 2 aromatic carbocycles. The summed E-state index contributed by atoms with van der Waals surface area (Å²) < 4.78 is 0. The lowest BCUT2D eigenvalue weighted by Gasteiger charge is -2.17. The SMILES string of the molecule is Cc1ccccc1[C@@H](C)NC(=O)c1ccc(Cl)cc1N. The lowest BCUT2D eigenvalue weighted by molar-refractivity contribution is 0.0940. The molecule has 0 spiro atoms. The third-order valence-electron chi connectivity index (χ3n) is 3.26. The van der Waals surface area contributed by atoms with Gasteiger partial charge in [-0.1, -0.05) is 35.9 Å². The van der Waals surface area contributed by atoms with Crippen LogP contribution in [0.25, 0.3) is 0 Å². The quantitative estimate of drug-likeness (QED) is 0.846. The zero-order chi connectivity index (χ0) is 14.7. The van der Waals surface area contributed by atoms with Gasteiger partial charge in [0.05, 0.1) is 11.6 Å².